The number of carbonyl (C=O) groups excluding carboxylic acids is 1. The van der Waals surface area contributed by atoms with Gasteiger partial charge in [0, 0.05) is 29.7 Å². The second-order valence-corrected chi connectivity index (χ2v) is 12.4. The number of hydrogen-bond acceptors (Lipinski definition) is 5. The Labute approximate surface area is 234 Å². The van der Waals surface area contributed by atoms with Crippen LogP contribution in [-0.4, -0.2) is 29.8 Å². The number of para-hydroxylation sites is 1. The molecule has 9 heteroatoms. The number of amides is 1. The van der Waals surface area contributed by atoms with Crippen LogP contribution in [0.25, 0.3) is 10.9 Å². The third-order valence-electron chi connectivity index (χ3n) is 7.79. The zero-order valence-corrected chi connectivity index (χ0v) is 23.2. The van der Waals surface area contributed by atoms with E-state index in [9.17, 15) is 13.2 Å². The molecular formula is C31H33N5O3S. The van der Waals surface area contributed by atoms with Gasteiger partial charge in [-0.3, -0.25) is 9.78 Å². The smallest absolute Gasteiger partial charge is 0.241 e. The third-order valence-corrected chi connectivity index (χ3v) is 9.40. The number of rotatable bonds is 9. The Morgan fingerprint density at radius 3 is 2.50 bits per heavy atom. The highest BCUT2D eigenvalue weighted by molar-refractivity contribution is 7.89. The second kappa shape index (κ2) is 11.6. The number of aromatic amines is 1. The first-order chi connectivity index (χ1) is 19.3. The molecule has 2 heterocycles. The van der Waals surface area contributed by atoms with Crippen molar-refractivity contribution in [2.75, 3.05) is 0 Å². The van der Waals surface area contributed by atoms with E-state index in [1.54, 1.807) is 13.1 Å². The molecule has 0 spiro atoms. The van der Waals surface area contributed by atoms with E-state index in [1.165, 1.54) is 30.7 Å². The highest BCUT2D eigenvalue weighted by atomic mass is 32.2. The van der Waals surface area contributed by atoms with Gasteiger partial charge in [-0.2, -0.15) is 9.98 Å². The number of pyridine rings is 1. The Morgan fingerprint density at radius 2 is 1.80 bits per heavy atom. The number of nitrogens with one attached hydrogen (secondary N) is 3. The van der Waals surface area contributed by atoms with Gasteiger partial charge in [-0.05, 0) is 73.7 Å². The van der Waals surface area contributed by atoms with Crippen LogP contribution < -0.4 is 10.0 Å². The van der Waals surface area contributed by atoms with Crippen molar-refractivity contribution in [3.63, 3.8) is 0 Å². The number of benzene rings is 2. The lowest BCUT2D eigenvalue weighted by Gasteiger charge is -2.35. The van der Waals surface area contributed by atoms with E-state index in [0.717, 1.165) is 47.8 Å². The van der Waals surface area contributed by atoms with E-state index < -0.39 is 21.5 Å². The largest absolute Gasteiger partial charge is 0.361 e. The summed E-state index contributed by atoms with van der Waals surface area (Å²) >= 11 is 0. The molecule has 2 aromatic carbocycles. The molecule has 206 valence electrons. The number of nitriles is 1. The first-order valence-corrected chi connectivity index (χ1v) is 15.1. The fourth-order valence-electron chi connectivity index (χ4n) is 5.65. The maximum absolute atomic E-state index is 14.2. The number of nitrogens with zero attached hydrogens (tertiary/aromatic N) is 2. The highest BCUT2D eigenvalue weighted by Gasteiger charge is 2.41. The maximum Gasteiger partial charge on any atom is 0.241 e. The number of sulfonamides is 1. The van der Waals surface area contributed by atoms with Gasteiger partial charge in [0.25, 0.3) is 0 Å². The summed E-state index contributed by atoms with van der Waals surface area (Å²) in [6.07, 6.45) is 8.94. The molecule has 0 radical (unpaired) electrons. The van der Waals surface area contributed by atoms with Crippen LogP contribution >= 0.6 is 0 Å². The summed E-state index contributed by atoms with van der Waals surface area (Å²) in [7, 11) is -4.12. The second-order valence-electron chi connectivity index (χ2n) is 10.7. The van der Waals surface area contributed by atoms with Crippen molar-refractivity contribution in [2.24, 2.45) is 5.92 Å². The first-order valence-electron chi connectivity index (χ1n) is 13.6. The molecule has 5 rings (SSSR count). The highest BCUT2D eigenvalue weighted by Crippen LogP contribution is 2.34. The molecule has 8 nitrogen and oxygen atoms in total. The zero-order chi connectivity index (χ0) is 28.2. The molecule has 3 N–H and O–H groups in total. The van der Waals surface area contributed by atoms with Gasteiger partial charge >= 0.3 is 0 Å². The van der Waals surface area contributed by atoms with Crippen LogP contribution in [0.2, 0.25) is 0 Å². The summed E-state index contributed by atoms with van der Waals surface area (Å²) in [6, 6.07) is 20.7. The molecule has 2 aromatic heterocycles. The van der Waals surface area contributed by atoms with E-state index in [1.807, 2.05) is 54.7 Å². The fraction of sp³-hybridized carbons (Fsp3) is 0.323. The molecular weight excluding hydrogens is 522 g/mol. The Balaban J connectivity index is 1.51. The number of carbonyl (C=O) groups is 1. The molecule has 1 fully saturated rings. The molecule has 0 saturated heterocycles. The van der Waals surface area contributed by atoms with Crippen molar-refractivity contribution in [3.8, 4) is 6.07 Å². The summed E-state index contributed by atoms with van der Waals surface area (Å²) in [4.78, 5) is 22.0. The molecule has 2 atom stereocenters. The quantitative estimate of drug-likeness (QED) is 0.263. The number of fused-ring (bicyclic) bond motifs is 1. The normalized spacial score (nSPS) is 16.6. The summed E-state index contributed by atoms with van der Waals surface area (Å²) < 4.78 is 29.9. The van der Waals surface area contributed by atoms with E-state index in [-0.39, 0.29) is 23.3 Å². The van der Waals surface area contributed by atoms with E-state index in [2.05, 4.69) is 20.0 Å². The van der Waals surface area contributed by atoms with Crippen molar-refractivity contribution in [2.45, 2.75) is 61.9 Å². The standard InChI is InChI=1S/C31H33N5O3S/c1-31(19-24-21-34-27-12-6-5-11-26(24)27,36-40(38,39)25-16-14-22(20-32)15-17-25)30(37)35-29(23-9-3-2-4-10-23)28-13-7-8-18-33-28/h5-8,11-18,21,23,29,34,36H,2-4,9-10,19H2,1H3,(H,35,37). The van der Waals surface area contributed by atoms with Crippen molar-refractivity contribution in [1.29, 1.82) is 5.26 Å². The van der Waals surface area contributed by atoms with Gasteiger partial charge in [-0.25, -0.2) is 8.42 Å². The van der Waals surface area contributed by atoms with Gasteiger partial charge in [0.1, 0.15) is 5.54 Å². The summed E-state index contributed by atoms with van der Waals surface area (Å²) in [5, 5.41) is 13.3. The van der Waals surface area contributed by atoms with Crippen LogP contribution in [0.1, 0.15) is 61.9 Å². The molecule has 0 bridgehead atoms. The summed E-state index contributed by atoms with van der Waals surface area (Å²) in [6.45, 7) is 1.63. The zero-order valence-electron chi connectivity index (χ0n) is 22.4. The molecule has 1 saturated carbocycles. The summed E-state index contributed by atoms with van der Waals surface area (Å²) in [5.41, 5.74) is 1.32. The first kappa shape index (κ1) is 27.6. The van der Waals surface area contributed by atoms with Crippen molar-refractivity contribution in [3.05, 3.63) is 95.9 Å². The van der Waals surface area contributed by atoms with Crippen LogP contribution in [-0.2, 0) is 21.2 Å². The molecule has 4 aromatic rings. The minimum Gasteiger partial charge on any atom is -0.361 e. The molecule has 1 aliphatic carbocycles. The topological polar surface area (TPSA) is 128 Å². The lowest BCUT2D eigenvalue weighted by atomic mass is 9.82. The predicted molar refractivity (Wildman–Crippen MR) is 154 cm³/mol. The van der Waals surface area contributed by atoms with E-state index >= 15 is 0 Å². The molecule has 0 aliphatic heterocycles. The minimum atomic E-state index is -4.12. The Bertz CT molecular complexity index is 1620. The van der Waals surface area contributed by atoms with E-state index in [4.69, 9.17) is 5.26 Å². The van der Waals surface area contributed by atoms with Gasteiger partial charge in [0.2, 0.25) is 15.9 Å². The van der Waals surface area contributed by atoms with Gasteiger partial charge in [-0.1, -0.05) is 43.5 Å². The average molecular weight is 556 g/mol. The Kier molecular flexibility index (Phi) is 8.01. The molecule has 1 aliphatic rings. The predicted octanol–water partition coefficient (Wildman–Crippen LogP) is 5.15. The number of aromatic nitrogens is 2. The van der Waals surface area contributed by atoms with Crippen molar-refractivity contribution >= 4 is 26.8 Å². The van der Waals surface area contributed by atoms with E-state index in [0.29, 0.717) is 5.56 Å². The fourth-order valence-corrected chi connectivity index (χ4v) is 7.02. The SMILES string of the molecule is CC(Cc1c[nH]c2ccccc12)(NS(=O)(=O)c1ccc(C#N)cc1)C(=O)NC(c1ccccn1)C1CCCCC1. The monoisotopic (exact) mass is 555 g/mol. The van der Waals surface area contributed by atoms with Crippen molar-refractivity contribution < 1.29 is 13.2 Å². The van der Waals surface area contributed by atoms with Crippen molar-refractivity contribution in [1.82, 2.24) is 20.0 Å². The Morgan fingerprint density at radius 1 is 1.07 bits per heavy atom. The van der Waals surface area contributed by atoms with Crippen LogP contribution in [0.15, 0.2) is 84.0 Å². The van der Waals surface area contributed by atoms with Gasteiger partial charge in [-0.15, -0.1) is 0 Å². The number of hydrogen-bond donors (Lipinski definition) is 3. The minimum absolute atomic E-state index is 0.0157. The van der Waals surface area contributed by atoms with Crippen LogP contribution in [0, 0.1) is 17.2 Å². The summed E-state index contributed by atoms with van der Waals surface area (Å²) in [5.74, 6) is -0.212. The lowest BCUT2D eigenvalue weighted by molar-refractivity contribution is -0.127. The van der Waals surface area contributed by atoms with Crippen LogP contribution in [0.3, 0.4) is 0 Å². The maximum atomic E-state index is 14.2. The number of H-pyrrole nitrogens is 1. The average Bonchev–Trinajstić information content (AvgIpc) is 3.38. The molecule has 2 unspecified atom stereocenters. The van der Waals surface area contributed by atoms with Gasteiger partial charge in [0.15, 0.2) is 0 Å². The van der Waals surface area contributed by atoms with Gasteiger partial charge in [0.05, 0.1) is 28.3 Å². The molecule has 40 heavy (non-hydrogen) atoms. The van der Waals surface area contributed by atoms with Gasteiger partial charge < -0.3 is 10.3 Å². The van der Waals surface area contributed by atoms with Crippen LogP contribution in [0.5, 0.6) is 0 Å². The Hall–Kier alpha value is -4.00. The third kappa shape index (κ3) is 5.93. The van der Waals surface area contributed by atoms with Crippen LogP contribution in [0.4, 0.5) is 0 Å². The lowest BCUT2D eigenvalue weighted by Crippen LogP contribution is -2.59. The molecule has 1 amide bonds.